The van der Waals surface area contributed by atoms with Gasteiger partial charge in [0.1, 0.15) is 16.4 Å². The highest BCUT2D eigenvalue weighted by molar-refractivity contribution is 7.85. The van der Waals surface area contributed by atoms with E-state index < -0.39 is 55.7 Å². The number of halogens is 3. The van der Waals surface area contributed by atoms with Crippen LogP contribution in [-0.4, -0.2) is 33.9 Å². The molecule has 0 saturated heterocycles. The number of rotatable bonds is 6. The molecule has 1 atom stereocenters. The van der Waals surface area contributed by atoms with Gasteiger partial charge in [0, 0.05) is 6.07 Å². The fourth-order valence-corrected chi connectivity index (χ4v) is 3.17. The third-order valence-electron chi connectivity index (χ3n) is 3.48. The van der Waals surface area contributed by atoms with Gasteiger partial charge in [-0.15, -0.1) is 0 Å². The van der Waals surface area contributed by atoms with Gasteiger partial charge >= 0.3 is 18.1 Å². The number of hydrogen-bond acceptors (Lipinski definition) is 7. The van der Waals surface area contributed by atoms with Crippen LogP contribution in [0.25, 0.3) is 0 Å². The molecule has 0 fully saturated rings. The van der Waals surface area contributed by atoms with Crippen molar-refractivity contribution in [1.29, 1.82) is 0 Å². The maximum atomic E-state index is 12.7. The van der Waals surface area contributed by atoms with E-state index in [2.05, 4.69) is 4.74 Å². The van der Waals surface area contributed by atoms with Gasteiger partial charge in [0.05, 0.1) is 34.0 Å². The van der Waals surface area contributed by atoms with Gasteiger partial charge in [-0.1, -0.05) is 0 Å². The summed E-state index contributed by atoms with van der Waals surface area (Å²) in [4.78, 5) is 32.6. The van der Waals surface area contributed by atoms with Gasteiger partial charge in [-0.2, -0.15) is 13.2 Å². The van der Waals surface area contributed by atoms with E-state index in [1.165, 1.54) is 31.4 Å². The smallest absolute Gasteiger partial charge is 0.416 e. The molecule has 2 rings (SSSR count). The summed E-state index contributed by atoms with van der Waals surface area (Å²) < 4.78 is 59.9. The Labute approximate surface area is 163 Å². The third kappa shape index (κ3) is 5.60. The number of methoxy groups -OCH3 is 1. The Morgan fingerprint density at radius 3 is 2.28 bits per heavy atom. The van der Waals surface area contributed by atoms with Crippen molar-refractivity contribution in [2.45, 2.75) is 11.1 Å². The summed E-state index contributed by atoms with van der Waals surface area (Å²) in [6.45, 7) is 0. The quantitative estimate of drug-likeness (QED) is 0.299. The first kappa shape index (κ1) is 22.0. The zero-order valence-electron chi connectivity index (χ0n) is 14.6. The number of hydrogen-bond donors (Lipinski definition) is 0. The number of esters is 2. The first-order chi connectivity index (χ1) is 13.5. The lowest BCUT2D eigenvalue weighted by atomic mass is 10.2. The van der Waals surface area contributed by atoms with Crippen molar-refractivity contribution < 1.29 is 41.4 Å². The molecule has 2 aromatic carbocycles. The minimum Gasteiger partial charge on any atom is -0.465 e. The lowest BCUT2D eigenvalue weighted by Gasteiger charge is -2.09. The summed E-state index contributed by atoms with van der Waals surface area (Å²) in [6.07, 6.45) is -4.82. The molecule has 0 aliphatic rings. The molecule has 0 saturated carbocycles. The van der Waals surface area contributed by atoms with Crippen LogP contribution in [0, 0.1) is 10.1 Å². The van der Waals surface area contributed by atoms with Gasteiger partial charge in [0.2, 0.25) is 0 Å². The Morgan fingerprint density at radius 2 is 1.76 bits per heavy atom. The fourth-order valence-electron chi connectivity index (χ4n) is 2.15. The molecular formula is C17H12F3NO7S. The number of benzene rings is 2. The van der Waals surface area contributed by atoms with Crippen molar-refractivity contribution in [3.8, 4) is 5.75 Å². The Kier molecular flexibility index (Phi) is 6.69. The summed E-state index contributed by atoms with van der Waals surface area (Å²) in [5.41, 5.74) is -2.11. The van der Waals surface area contributed by atoms with E-state index in [4.69, 9.17) is 4.74 Å². The predicted molar refractivity (Wildman–Crippen MR) is 92.8 cm³/mol. The van der Waals surface area contributed by atoms with Gasteiger partial charge in [0.25, 0.3) is 5.69 Å². The van der Waals surface area contributed by atoms with Crippen LogP contribution < -0.4 is 4.74 Å². The number of ether oxygens (including phenoxy) is 2. The molecule has 0 heterocycles. The molecule has 0 aromatic heterocycles. The fraction of sp³-hybridized carbons (Fsp3) is 0.176. The zero-order valence-corrected chi connectivity index (χ0v) is 15.4. The van der Waals surface area contributed by atoms with Crippen LogP contribution in [0.3, 0.4) is 0 Å². The minimum atomic E-state index is -4.82. The van der Waals surface area contributed by atoms with Crippen molar-refractivity contribution in [1.82, 2.24) is 0 Å². The van der Waals surface area contributed by atoms with Crippen molar-refractivity contribution in [2.24, 2.45) is 0 Å². The number of nitrogens with zero attached hydrogens (tertiary/aromatic N) is 1. The van der Waals surface area contributed by atoms with Gasteiger partial charge < -0.3 is 9.47 Å². The third-order valence-corrected chi connectivity index (χ3v) is 4.82. The first-order valence-corrected chi connectivity index (χ1v) is 8.98. The van der Waals surface area contributed by atoms with Gasteiger partial charge in [-0.25, -0.2) is 4.79 Å². The minimum absolute atomic E-state index is 0.00146. The molecule has 2 aromatic rings. The SMILES string of the molecule is COC(=O)c1ccc(OC(=O)CS(=O)c2ccc(C(F)(F)F)cc2[N+](=O)[O-])cc1. The van der Waals surface area contributed by atoms with Crippen LogP contribution in [0.15, 0.2) is 47.4 Å². The normalized spacial score (nSPS) is 12.1. The highest BCUT2D eigenvalue weighted by atomic mass is 32.2. The van der Waals surface area contributed by atoms with E-state index in [1.807, 2.05) is 0 Å². The molecule has 154 valence electrons. The van der Waals surface area contributed by atoms with Crippen molar-refractivity contribution in [3.63, 3.8) is 0 Å². The van der Waals surface area contributed by atoms with Crippen LogP contribution in [0.4, 0.5) is 18.9 Å². The highest BCUT2D eigenvalue weighted by Crippen LogP contribution is 2.34. The summed E-state index contributed by atoms with van der Waals surface area (Å²) in [6, 6.07) is 6.65. The molecule has 29 heavy (non-hydrogen) atoms. The molecule has 0 bridgehead atoms. The van der Waals surface area contributed by atoms with E-state index in [0.29, 0.717) is 12.1 Å². The number of carbonyl (C=O) groups is 2. The number of nitro groups is 1. The molecule has 0 radical (unpaired) electrons. The van der Waals surface area contributed by atoms with E-state index >= 15 is 0 Å². The van der Waals surface area contributed by atoms with Crippen LogP contribution in [-0.2, 0) is 26.5 Å². The molecule has 0 spiro atoms. The summed E-state index contributed by atoms with van der Waals surface area (Å²) in [5.74, 6) is -2.48. The maximum Gasteiger partial charge on any atom is 0.416 e. The molecule has 12 heteroatoms. The maximum absolute atomic E-state index is 12.7. The molecule has 8 nitrogen and oxygen atoms in total. The Bertz CT molecular complexity index is 974. The molecule has 1 unspecified atom stereocenters. The summed E-state index contributed by atoms with van der Waals surface area (Å²) >= 11 is 0. The zero-order chi connectivity index (χ0) is 21.8. The molecule has 0 aliphatic heterocycles. The van der Waals surface area contributed by atoms with Crippen molar-refractivity contribution in [3.05, 3.63) is 63.7 Å². The topological polar surface area (TPSA) is 113 Å². The summed E-state index contributed by atoms with van der Waals surface area (Å²) in [7, 11) is -1.14. The van der Waals surface area contributed by atoms with Gasteiger partial charge in [-0.05, 0) is 36.4 Å². The first-order valence-electron chi connectivity index (χ1n) is 7.66. The standard InChI is InChI=1S/C17H12F3NO7S/c1-27-16(23)10-2-5-12(6-3-10)28-15(22)9-29(26)14-7-4-11(17(18,19)20)8-13(14)21(24)25/h2-8H,9H2,1H3. The van der Waals surface area contributed by atoms with E-state index in [-0.39, 0.29) is 17.4 Å². The number of alkyl halides is 3. The average Bonchev–Trinajstić information content (AvgIpc) is 2.66. The Balaban J connectivity index is 2.14. The lowest BCUT2D eigenvalue weighted by Crippen LogP contribution is -2.18. The summed E-state index contributed by atoms with van der Waals surface area (Å²) in [5, 5.41) is 11.0. The second-order valence-corrected chi connectivity index (χ2v) is 6.84. The lowest BCUT2D eigenvalue weighted by molar-refractivity contribution is -0.388. The number of carbonyl (C=O) groups excluding carboxylic acids is 2. The van der Waals surface area contributed by atoms with Crippen LogP contribution >= 0.6 is 0 Å². The van der Waals surface area contributed by atoms with Gasteiger partial charge in [0.15, 0.2) is 0 Å². The Morgan fingerprint density at radius 1 is 1.14 bits per heavy atom. The molecule has 0 N–H and O–H groups in total. The largest absolute Gasteiger partial charge is 0.465 e. The van der Waals surface area contributed by atoms with Crippen molar-refractivity contribution >= 4 is 28.4 Å². The van der Waals surface area contributed by atoms with E-state index in [9.17, 15) is 37.1 Å². The van der Waals surface area contributed by atoms with Crippen LogP contribution in [0.5, 0.6) is 5.75 Å². The molecule has 0 aliphatic carbocycles. The number of nitro benzene ring substituents is 1. The second-order valence-electron chi connectivity index (χ2n) is 5.42. The Hall–Kier alpha value is -3.28. The highest BCUT2D eigenvalue weighted by Gasteiger charge is 2.34. The van der Waals surface area contributed by atoms with Crippen LogP contribution in [0.2, 0.25) is 0 Å². The molecule has 0 amide bonds. The van der Waals surface area contributed by atoms with E-state index in [0.717, 1.165) is 0 Å². The predicted octanol–water partition coefficient (Wildman–Crippen LogP) is 3.11. The van der Waals surface area contributed by atoms with Crippen LogP contribution in [0.1, 0.15) is 15.9 Å². The van der Waals surface area contributed by atoms with Gasteiger partial charge in [-0.3, -0.25) is 19.1 Å². The monoisotopic (exact) mass is 431 g/mol. The second kappa shape index (κ2) is 8.82. The average molecular weight is 431 g/mol. The molecular weight excluding hydrogens is 419 g/mol. The van der Waals surface area contributed by atoms with Crippen molar-refractivity contribution in [2.75, 3.05) is 12.9 Å². The van der Waals surface area contributed by atoms with E-state index in [1.54, 1.807) is 0 Å².